The van der Waals surface area contributed by atoms with Crippen LogP contribution >= 0.6 is 0 Å². The Balaban J connectivity index is 1.69. The smallest absolute Gasteiger partial charge is 0.128 e. The van der Waals surface area contributed by atoms with Crippen molar-refractivity contribution in [2.24, 2.45) is 7.05 Å². The van der Waals surface area contributed by atoms with Crippen molar-refractivity contribution in [3.8, 4) is 11.3 Å². The fourth-order valence-corrected chi connectivity index (χ4v) is 2.61. The molecule has 0 amide bonds. The Morgan fingerprint density at radius 3 is 2.83 bits per heavy atom. The van der Waals surface area contributed by atoms with E-state index < -0.39 is 0 Å². The van der Waals surface area contributed by atoms with Crippen LogP contribution in [0.4, 0.5) is 4.39 Å². The van der Waals surface area contributed by atoms with Crippen LogP contribution in [0.2, 0.25) is 0 Å². The largest absolute Gasteiger partial charge is 0.392 e. The van der Waals surface area contributed by atoms with Gasteiger partial charge in [-0.05, 0) is 29.8 Å². The summed E-state index contributed by atoms with van der Waals surface area (Å²) in [4.78, 5) is 4.14. The highest BCUT2D eigenvalue weighted by Crippen LogP contribution is 2.20. The fourth-order valence-electron chi connectivity index (χ4n) is 2.61. The monoisotopic (exact) mass is 326 g/mol. The van der Waals surface area contributed by atoms with Gasteiger partial charge in [-0.1, -0.05) is 6.07 Å². The first kappa shape index (κ1) is 16.3. The number of benzene rings is 1. The van der Waals surface area contributed by atoms with E-state index in [1.807, 2.05) is 25.4 Å². The minimum atomic E-state index is -0.382. The van der Waals surface area contributed by atoms with Crippen LogP contribution in [0.3, 0.4) is 0 Å². The number of nitrogens with one attached hydrogen (secondary N) is 1. The highest BCUT2D eigenvalue weighted by Gasteiger charge is 2.10. The maximum absolute atomic E-state index is 13.4. The zero-order valence-corrected chi connectivity index (χ0v) is 13.4. The second-order valence-electron chi connectivity index (χ2n) is 5.61. The van der Waals surface area contributed by atoms with Crippen LogP contribution in [-0.4, -0.2) is 19.9 Å². The summed E-state index contributed by atoms with van der Waals surface area (Å²) < 4.78 is 15.2. The van der Waals surface area contributed by atoms with Gasteiger partial charge in [0.1, 0.15) is 5.82 Å². The zero-order valence-electron chi connectivity index (χ0n) is 13.4. The third-order valence-corrected chi connectivity index (χ3v) is 3.76. The number of aryl methyl sites for hydroxylation is 1. The van der Waals surface area contributed by atoms with Gasteiger partial charge in [-0.15, -0.1) is 0 Å². The molecule has 0 unspecified atom stereocenters. The molecule has 0 aliphatic rings. The molecule has 2 aromatic heterocycles. The van der Waals surface area contributed by atoms with Crippen molar-refractivity contribution < 1.29 is 9.50 Å². The number of rotatable bonds is 6. The molecule has 6 heteroatoms. The van der Waals surface area contributed by atoms with E-state index in [2.05, 4.69) is 15.4 Å². The lowest BCUT2D eigenvalue weighted by Gasteiger charge is -2.07. The molecule has 0 atom stereocenters. The Labute approximate surface area is 139 Å². The molecule has 2 N–H and O–H groups in total. The molecule has 1 aromatic carbocycles. The van der Waals surface area contributed by atoms with E-state index >= 15 is 0 Å². The van der Waals surface area contributed by atoms with E-state index in [0.717, 1.165) is 22.4 Å². The van der Waals surface area contributed by atoms with Crippen molar-refractivity contribution >= 4 is 0 Å². The van der Waals surface area contributed by atoms with Crippen LogP contribution in [0.5, 0.6) is 0 Å². The van der Waals surface area contributed by atoms with Gasteiger partial charge in [-0.2, -0.15) is 5.10 Å². The first-order valence-electron chi connectivity index (χ1n) is 7.69. The average Bonchev–Trinajstić information content (AvgIpc) is 2.98. The molecule has 0 saturated carbocycles. The molecule has 3 rings (SSSR count). The van der Waals surface area contributed by atoms with Crippen molar-refractivity contribution in [3.05, 3.63) is 71.4 Å². The van der Waals surface area contributed by atoms with Crippen molar-refractivity contribution in [2.45, 2.75) is 19.7 Å². The molecule has 0 aliphatic heterocycles. The van der Waals surface area contributed by atoms with Gasteiger partial charge in [0, 0.05) is 55.4 Å². The molecule has 0 spiro atoms. The van der Waals surface area contributed by atoms with Crippen LogP contribution in [0, 0.1) is 5.82 Å². The van der Waals surface area contributed by atoms with Gasteiger partial charge < -0.3 is 10.4 Å². The average molecular weight is 326 g/mol. The SMILES string of the molecule is Cn1cc(CNCc2ccc(F)c(CO)c2)c(-c2cccnc2)n1. The van der Waals surface area contributed by atoms with E-state index in [9.17, 15) is 4.39 Å². The Hall–Kier alpha value is -2.57. The van der Waals surface area contributed by atoms with Gasteiger partial charge >= 0.3 is 0 Å². The molecule has 24 heavy (non-hydrogen) atoms. The normalized spacial score (nSPS) is 11.0. The Bertz CT molecular complexity index is 817. The Kier molecular flexibility index (Phi) is 4.98. The van der Waals surface area contributed by atoms with Crippen LogP contribution in [0.1, 0.15) is 16.7 Å². The fraction of sp³-hybridized carbons (Fsp3) is 0.222. The molecule has 0 bridgehead atoms. The number of hydrogen-bond acceptors (Lipinski definition) is 4. The van der Waals surface area contributed by atoms with Crippen molar-refractivity contribution in [1.29, 1.82) is 0 Å². The van der Waals surface area contributed by atoms with Crippen LogP contribution in [-0.2, 0) is 26.7 Å². The van der Waals surface area contributed by atoms with Gasteiger partial charge in [0.15, 0.2) is 0 Å². The summed E-state index contributed by atoms with van der Waals surface area (Å²) >= 11 is 0. The maximum atomic E-state index is 13.4. The van der Waals surface area contributed by atoms with E-state index in [0.29, 0.717) is 18.7 Å². The molecular weight excluding hydrogens is 307 g/mol. The molecule has 3 aromatic rings. The summed E-state index contributed by atoms with van der Waals surface area (Å²) in [5.74, 6) is -0.382. The summed E-state index contributed by atoms with van der Waals surface area (Å²) in [6.07, 6.45) is 5.50. The highest BCUT2D eigenvalue weighted by molar-refractivity contribution is 5.61. The van der Waals surface area contributed by atoms with Crippen LogP contribution in [0.15, 0.2) is 48.9 Å². The molecule has 124 valence electrons. The highest BCUT2D eigenvalue weighted by atomic mass is 19.1. The number of nitrogens with zero attached hydrogens (tertiary/aromatic N) is 3. The number of aromatic nitrogens is 3. The summed E-state index contributed by atoms with van der Waals surface area (Å²) in [6.45, 7) is 0.909. The molecule has 2 heterocycles. The second-order valence-corrected chi connectivity index (χ2v) is 5.61. The number of halogens is 1. The second kappa shape index (κ2) is 7.33. The quantitative estimate of drug-likeness (QED) is 0.730. The van der Waals surface area contributed by atoms with E-state index in [-0.39, 0.29) is 12.4 Å². The van der Waals surface area contributed by atoms with Gasteiger partial charge in [0.25, 0.3) is 0 Å². The summed E-state index contributed by atoms with van der Waals surface area (Å²) in [5, 5.41) is 17.0. The van der Waals surface area contributed by atoms with Crippen molar-refractivity contribution in [3.63, 3.8) is 0 Å². The summed E-state index contributed by atoms with van der Waals surface area (Å²) in [7, 11) is 1.89. The topological polar surface area (TPSA) is 63.0 Å². The lowest BCUT2D eigenvalue weighted by molar-refractivity contribution is 0.275. The number of aliphatic hydroxyl groups is 1. The number of hydrogen-bond donors (Lipinski definition) is 2. The molecule has 0 radical (unpaired) electrons. The molecule has 0 aliphatic carbocycles. The third kappa shape index (κ3) is 3.67. The maximum Gasteiger partial charge on any atom is 0.128 e. The first-order chi connectivity index (χ1) is 11.7. The van der Waals surface area contributed by atoms with Crippen LogP contribution < -0.4 is 5.32 Å². The first-order valence-corrected chi connectivity index (χ1v) is 7.69. The number of pyridine rings is 1. The number of aliphatic hydroxyl groups excluding tert-OH is 1. The van der Waals surface area contributed by atoms with Gasteiger partial charge in [-0.3, -0.25) is 9.67 Å². The lowest BCUT2D eigenvalue weighted by atomic mass is 10.1. The van der Waals surface area contributed by atoms with E-state index in [4.69, 9.17) is 5.11 Å². The molecule has 0 saturated heterocycles. The minimum Gasteiger partial charge on any atom is -0.392 e. The Morgan fingerprint density at radius 2 is 2.08 bits per heavy atom. The standard InChI is InChI=1S/C18H19FN4O/c1-23-11-16(18(22-23)14-3-2-6-20-9-14)10-21-8-13-4-5-17(19)15(7-13)12-24/h2-7,9,11,21,24H,8,10,12H2,1H3. The Morgan fingerprint density at radius 1 is 1.21 bits per heavy atom. The molecule has 0 fully saturated rings. The third-order valence-electron chi connectivity index (χ3n) is 3.76. The zero-order chi connectivity index (χ0) is 16.9. The van der Waals surface area contributed by atoms with Crippen LogP contribution in [0.25, 0.3) is 11.3 Å². The van der Waals surface area contributed by atoms with Crippen molar-refractivity contribution in [1.82, 2.24) is 20.1 Å². The minimum absolute atomic E-state index is 0.298. The molecule has 5 nitrogen and oxygen atoms in total. The summed E-state index contributed by atoms with van der Waals surface area (Å²) in [5.41, 5.74) is 4.17. The lowest BCUT2D eigenvalue weighted by Crippen LogP contribution is -2.13. The van der Waals surface area contributed by atoms with Crippen molar-refractivity contribution in [2.75, 3.05) is 0 Å². The van der Waals surface area contributed by atoms with E-state index in [1.165, 1.54) is 6.07 Å². The van der Waals surface area contributed by atoms with Gasteiger partial charge in [0.2, 0.25) is 0 Å². The van der Waals surface area contributed by atoms with E-state index in [1.54, 1.807) is 29.2 Å². The molecular formula is C18H19FN4O. The van der Waals surface area contributed by atoms with Gasteiger partial charge in [0.05, 0.1) is 12.3 Å². The van der Waals surface area contributed by atoms with Gasteiger partial charge in [-0.25, -0.2) is 4.39 Å². The predicted octanol–water partition coefficient (Wildman–Crippen LogP) is 2.40. The summed E-state index contributed by atoms with van der Waals surface area (Å²) in [6, 6.07) is 8.64. The predicted molar refractivity (Wildman–Crippen MR) is 89.3 cm³/mol.